The van der Waals surface area contributed by atoms with Crippen molar-refractivity contribution in [3.8, 4) is 0 Å². The fourth-order valence-electron chi connectivity index (χ4n) is 0.820. The van der Waals surface area contributed by atoms with Gasteiger partial charge in [0.2, 0.25) is 0 Å². The first-order valence-corrected chi connectivity index (χ1v) is 3.44. The highest BCUT2D eigenvalue weighted by Gasteiger charge is 2.23. The first kappa shape index (κ1) is 8.92. The number of ether oxygens (including phenoxy) is 1. The van der Waals surface area contributed by atoms with Crippen molar-refractivity contribution >= 4 is 0 Å². The van der Waals surface area contributed by atoms with E-state index in [2.05, 4.69) is 13.8 Å². The molecule has 0 amide bonds. The van der Waals surface area contributed by atoms with Crippen molar-refractivity contribution in [3.63, 3.8) is 0 Å². The molecule has 1 heterocycles. The quantitative estimate of drug-likeness (QED) is 0.528. The van der Waals surface area contributed by atoms with Crippen LogP contribution in [0.15, 0.2) is 0 Å². The van der Waals surface area contributed by atoms with Gasteiger partial charge in [0.1, 0.15) is 0 Å². The molecule has 1 saturated heterocycles. The van der Waals surface area contributed by atoms with Crippen molar-refractivity contribution in [2.45, 2.75) is 32.8 Å². The third kappa shape index (κ3) is 3.49. The van der Waals surface area contributed by atoms with E-state index in [1.165, 1.54) is 12.8 Å². The Morgan fingerprint density at radius 3 is 2.56 bits per heavy atom. The molecule has 2 atom stereocenters. The van der Waals surface area contributed by atoms with Gasteiger partial charge in [0.05, 0.1) is 12.7 Å². The largest absolute Gasteiger partial charge is 0.412 e. The fourth-order valence-corrected chi connectivity index (χ4v) is 0.820. The Morgan fingerprint density at radius 1 is 1.67 bits per heavy atom. The molecule has 1 rings (SSSR count). The van der Waals surface area contributed by atoms with E-state index in [-0.39, 0.29) is 5.48 Å². The Labute approximate surface area is 56.5 Å². The molecule has 2 nitrogen and oxygen atoms in total. The molecule has 0 aromatic carbocycles. The average Bonchev–Trinajstić information content (AvgIpc) is 2.50. The van der Waals surface area contributed by atoms with E-state index in [4.69, 9.17) is 4.74 Å². The second-order valence-corrected chi connectivity index (χ2v) is 2.70. The molecule has 0 saturated carbocycles. The van der Waals surface area contributed by atoms with Crippen LogP contribution in [-0.2, 0) is 4.74 Å². The van der Waals surface area contributed by atoms with Gasteiger partial charge in [-0.2, -0.15) is 0 Å². The summed E-state index contributed by atoms with van der Waals surface area (Å²) in [5.41, 5.74) is 0. The smallest absolute Gasteiger partial charge is 0.0812 e. The van der Waals surface area contributed by atoms with Gasteiger partial charge in [-0.25, -0.2) is 0 Å². The van der Waals surface area contributed by atoms with Gasteiger partial charge in [0.25, 0.3) is 0 Å². The lowest BCUT2D eigenvalue weighted by Gasteiger charge is -2.02. The van der Waals surface area contributed by atoms with Crippen molar-refractivity contribution in [1.29, 1.82) is 0 Å². The van der Waals surface area contributed by atoms with Gasteiger partial charge in [0, 0.05) is 0 Å². The van der Waals surface area contributed by atoms with E-state index in [1.54, 1.807) is 0 Å². The molecule has 0 spiro atoms. The van der Waals surface area contributed by atoms with Gasteiger partial charge in [-0.05, 0) is 12.3 Å². The molecule has 0 aromatic rings. The van der Waals surface area contributed by atoms with Crippen LogP contribution in [0.2, 0.25) is 0 Å². The van der Waals surface area contributed by atoms with Crippen LogP contribution in [0, 0.1) is 5.92 Å². The van der Waals surface area contributed by atoms with Crippen molar-refractivity contribution in [2.75, 3.05) is 6.61 Å². The average molecular weight is 132 g/mol. The molecule has 1 fully saturated rings. The predicted octanol–water partition coefficient (Wildman–Crippen LogP) is 0.997. The lowest BCUT2D eigenvalue weighted by atomic mass is 10.0. The highest BCUT2D eigenvalue weighted by Crippen LogP contribution is 2.20. The maximum absolute atomic E-state index is 5.08. The summed E-state index contributed by atoms with van der Waals surface area (Å²) in [6, 6.07) is 0. The summed E-state index contributed by atoms with van der Waals surface area (Å²) in [5.74, 6) is 0.863. The number of hydrogen-bond acceptors (Lipinski definition) is 1. The zero-order valence-electron chi connectivity index (χ0n) is 6.18. The molecule has 2 N–H and O–H groups in total. The molecule has 0 bridgehead atoms. The lowest BCUT2D eigenvalue weighted by molar-refractivity contribution is 0.358. The van der Waals surface area contributed by atoms with E-state index in [0.717, 1.165) is 12.5 Å². The minimum Gasteiger partial charge on any atom is -0.412 e. The standard InChI is InChI=1S/C7H14O.H2O/c1-3-6(2)4-7-5-8-7;/h6-7H,3-5H2,1-2H3;1H2. The van der Waals surface area contributed by atoms with Crippen LogP contribution < -0.4 is 0 Å². The third-order valence-electron chi connectivity index (χ3n) is 1.76. The maximum atomic E-state index is 5.08. The summed E-state index contributed by atoms with van der Waals surface area (Å²) in [7, 11) is 0. The second-order valence-electron chi connectivity index (χ2n) is 2.70. The van der Waals surface area contributed by atoms with E-state index < -0.39 is 0 Å². The first-order chi connectivity index (χ1) is 3.83. The monoisotopic (exact) mass is 132 g/mol. The molecular weight excluding hydrogens is 116 g/mol. The molecule has 1 aliphatic rings. The highest BCUT2D eigenvalue weighted by molar-refractivity contribution is 4.70. The molecule has 0 radical (unpaired) electrons. The molecule has 56 valence electrons. The number of epoxide rings is 1. The summed E-state index contributed by atoms with van der Waals surface area (Å²) in [6.45, 7) is 5.53. The van der Waals surface area contributed by atoms with E-state index >= 15 is 0 Å². The normalized spacial score (nSPS) is 26.7. The van der Waals surface area contributed by atoms with Gasteiger partial charge in [-0.3, -0.25) is 0 Å². The lowest BCUT2D eigenvalue weighted by Crippen LogP contribution is -1.96. The Hall–Kier alpha value is -0.0800. The summed E-state index contributed by atoms with van der Waals surface area (Å²) < 4.78 is 5.08. The molecule has 2 heteroatoms. The van der Waals surface area contributed by atoms with Crippen molar-refractivity contribution in [1.82, 2.24) is 0 Å². The molecule has 0 aromatic heterocycles. The van der Waals surface area contributed by atoms with Gasteiger partial charge in [-0.15, -0.1) is 0 Å². The van der Waals surface area contributed by atoms with Crippen LogP contribution in [0.5, 0.6) is 0 Å². The Morgan fingerprint density at radius 2 is 2.22 bits per heavy atom. The van der Waals surface area contributed by atoms with Crippen LogP contribution in [0.3, 0.4) is 0 Å². The summed E-state index contributed by atoms with van der Waals surface area (Å²) >= 11 is 0. The highest BCUT2D eigenvalue weighted by atomic mass is 16.6. The second kappa shape index (κ2) is 3.85. The van der Waals surface area contributed by atoms with E-state index in [9.17, 15) is 0 Å². The molecule has 9 heavy (non-hydrogen) atoms. The van der Waals surface area contributed by atoms with Crippen molar-refractivity contribution in [3.05, 3.63) is 0 Å². The van der Waals surface area contributed by atoms with Crippen LogP contribution in [0.1, 0.15) is 26.7 Å². The fraction of sp³-hybridized carbons (Fsp3) is 1.00. The van der Waals surface area contributed by atoms with E-state index in [1.807, 2.05) is 0 Å². The van der Waals surface area contributed by atoms with Crippen LogP contribution >= 0.6 is 0 Å². The van der Waals surface area contributed by atoms with Gasteiger partial charge >= 0.3 is 0 Å². The topological polar surface area (TPSA) is 44.0 Å². The summed E-state index contributed by atoms with van der Waals surface area (Å²) in [4.78, 5) is 0. The van der Waals surface area contributed by atoms with Gasteiger partial charge < -0.3 is 10.2 Å². The van der Waals surface area contributed by atoms with Crippen LogP contribution in [0.25, 0.3) is 0 Å². The summed E-state index contributed by atoms with van der Waals surface area (Å²) in [6.07, 6.45) is 3.20. The minimum absolute atomic E-state index is 0. The van der Waals surface area contributed by atoms with E-state index in [0.29, 0.717) is 6.10 Å². The number of hydrogen-bond donors (Lipinski definition) is 0. The van der Waals surface area contributed by atoms with Crippen LogP contribution in [-0.4, -0.2) is 18.2 Å². The Balaban J connectivity index is 0.000000640. The van der Waals surface area contributed by atoms with Crippen molar-refractivity contribution in [2.24, 2.45) is 5.92 Å². The van der Waals surface area contributed by atoms with Gasteiger partial charge in [-0.1, -0.05) is 20.3 Å². The predicted molar refractivity (Wildman–Crippen MR) is 37.4 cm³/mol. The number of rotatable bonds is 3. The van der Waals surface area contributed by atoms with Crippen LogP contribution in [0.4, 0.5) is 0 Å². The third-order valence-corrected chi connectivity index (χ3v) is 1.76. The molecule has 2 unspecified atom stereocenters. The van der Waals surface area contributed by atoms with Gasteiger partial charge in [0.15, 0.2) is 0 Å². The zero-order valence-corrected chi connectivity index (χ0v) is 6.18. The maximum Gasteiger partial charge on any atom is 0.0812 e. The zero-order chi connectivity index (χ0) is 5.98. The Kier molecular flexibility index (Phi) is 3.82. The minimum atomic E-state index is 0. The Bertz CT molecular complexity index is 69.3. The van der Waals surface area contributed by atoms with Crippen molar-refractivity contribution < 1.29 is 10.2 Å². The molecule has 0 aliphatic carbocycles. The first-order valence-electron chi connectivity index (χ1n) is 3.44. The molecule has 1 aliphatic heterocycles. The molecular formula is C7H16O2. The summed E-state index contributed by atoms with van der Waals surface area (Å²) in [5, 5.41) is 0. The SMILES string of the molecule is CCC(C)CC1CO1.O.